The van der Waals surface area contributed by atoms with Crippen molar-refractivity contribution >= 4 is 17.8 Å². The van der Waals surface area contributed by atoms with E-state index < -0.39 is 23.8 Å². The number of ether oxygens (including phenoxy) is 1. The summed E-state index contributed by atoms with van der Waals surface area (Å²) in [6.07, 6.45) is 1.28. The lowest BCUT2D eigenvalue weighted by molar-refractivity contribution is -0.138. The van der Waals surface area contributed by atoms with E-state index in [1.54, 1.807) is 0 Å². The lowest BCUT2D eigenvalue weighted by Gasteiger charge is -2.35. The monoisotopic (exact) mass is 287 g/mol. The van der Waals surface area contributed by atoms with Crippen molar-refractivity contribution in [3.63, 3.8) is 0 Å². The van der Waals surface area contributed by atoms with Crippen LogP contribution >= 0.6 is 0 Å². The van der Waals surface area contributed by atoms with Gasteiger partial charge in [-0.2, -0.15) is 0 Å². The number of methoxy groups -OCH3 is 1. The Bertz CT molecular complexity index is 361. The Balaban J connectivity index is 2.46. The summed E-state index contributed by atoms with van der Waals surface area (Å²) >= 11 is 0. The first-order valence-corrected chi connectivity index (χ1v) is 6.46. The largest absolute Gasteiger partial charge is 0.480 e. The van der Waals surface area contributed by atoms with Crippen LogP contribution in [0.3, 0.4) is 0 Å². The fourth-order valence-corrected chi connectivity index (χ4v) is 2.20. The maximum atomic E-state index is 12.2. The number of carboxylic acids is 1. The van der Waals surface area contributed by atoms with E-state index in [1.807, 2.05) is 0 Å². The van der Waals surface area contributed by atoms with Crippen molar-refractivity contribution in [1.29, 1.82) is 0 Å². The molecular weight excluding hydrogens is 266 g/mol. The second kappa shape index (κ2) is 7.81. The van der Waals surface area contributed by atoms with Gasteiger partial charge in [-0.25, -0.2) is 0 Å². The number of nitrogens with one attached hydrogen (secondary N) is 3. The molecule has 0 aromatic rings. The third-order valence-electron chi connectivity index (χ3n) is 3.31. The first kappa shape index (κ1) is 16.4. The highest BCUT2D eigenvalue weighted by Crippen LogP contribution is 2.29. The molecule has 4 N–H and O–H groups in total. The molecule has 8 heteroatoms. The van der Waals surface area contributed by atoms with E-state index in [0.29, 0.717) is 19.4 Å². The zero-order chi connectivity index (χ0) is 15.0. The summed E-state index contributed by atoms with van der Waals surface area (Å²) in [4.78, 5) is 33.9. The zero-order valence-corrected chi connectivity index (χ0v) is 11.5. The number of hydrogen-bond acceptors (Lipinski definition) is 5. The Morgan fingerprint density at radius 2 is 1.85 bits per heavy atom. The molecule has 1 rings (SSSR count). The second-order valence-corrected chi connectivity index (χ2v) is 4.82. The van der Waals surface area contributed by atoms with Gasteiger partial charge in [0.1, 0.15) is 6.54 Å². The smallest absolute Gasteiger partial charge is 0.322 e. The van der Waals surface area contributed by atoms with Crippen LogP contribution in [0.25, 0.3) is 0 Å². The van der Waals surface area contributed by atoms with Crippen LogP contribution in [0.1, 0.15) is 12.8 Å². The fraction of sp³-hybridized carbons (Fsp3) is 0.750. The van der Waals surface area contributed by atoms with Crippen molar-refractivity contribution in [2.75, 3.05) is 39.9 Å². The number of carbonyl (C=O) groups excluding carboxylic acids is 2. The Labute approximate surface area is 117 Å². The Hall–Kier alpha value is -1.67. The van der Waals surface area contributed by atoms with Crippen LogP contribution in [-0.2, 0) is 19.1 Å². The highest BCUT2D eigenvalue weighted by atomic mass is 16.5. The number of carbonyl (C=O) groups is 3. The number of carboxylic acid groups (broad SMARTS) is 1. The van der Waals surface area contributed by atoms with Crippen molar-refractivity contribution in [3.05, 3.63) is 0 Å². The Morgan fingerprint density at radius 1 is 1.20 bits per heavy atom. The van der Waals surface area contributed by atoms with Gasteiger partial charge >= 0.3 is 5.97 Å². The minimum Gasteiger partial charge on any atom is -0.480 e. The van der Waals surface area contributed by atoms with Gasteiger partial charge in [-0.15, -0.1) is 0 Å². The van der Waals surface area contributed by atoms with Crippen molar-refractivity contribution in [1.82, 2.24) is 16.0 Å². The molecule has 1 heterocycles. The van der Waals surface area contributed by atoms with Crippen LogP contribution in [0.15, 0.2) is 0 Å². The van der Waals surface area contributed by atoms with Crippen molar-refractivity contribution in [2.24, 2.45) is 5.41 Å². The van der Waals surface area contributed by atoms with E-state index in [1.165, 1.54) is 7.11 Å². The third-order valence-corrected chi connectivity index (χ3v) is 3.31. The van der Waals surface area contributed by atoms with Gasteiger partial charge in [0.15, 0.2) is 0 Å². The van der Waals surface area contributed by atoms with Gasteiger partial charge in [0.2, 0.25) is 11.8 Å². The maximum Gasteiger partial charge on any atom is 0.322 e. The summed E-state index contributed by atoms with van der Waals surface area (Å²) in [6, 6.07) is 0. The molecule has 0 aliphatic carbocycles. The predicted octanol–water partition coefficient (Wildman–Crippen LogP) is -1.68. The van der Waals surface area contributed by atoms with Gasteiger partial charge < -0.3 is 25.8 Å². The van der Waals surface area contributed by atoms with Crippen LogP contribution < -0.4 is 16.0 Å². The highest BCUT2D eigenvalue weighted by molar-refractivity contribution is 5.89. The lowest BCUT2D eigenvalue weighted by Crippen LogP contribution is -2.52. The molecule has 0 spiro atoms. The standard InChI is InChI=1S/C12H21N3O5/c1-20-8-12(2-4-13-5-3-12)11(19)15-6-9(16)14-7-10(17)18/h13H,2-8H2,1H3,(H,14,16)(H,15,19)(H,17,18). The number of piperidine rings is 1. The van der Waals surface area contributed by atoms with Crippen molar-refractivity contribution < 1.29 is 24.2 Å². The van der Waals surface area contributed by atoms with Crippen LogP contribution in [0.2, 0.25) is 0 Å². The average Bonchev–Trinajstić information content (AvgIpc) is 2.43. The molecule has 0 radical (unpaired) electrons. The molecule has 0 bridgehead atoms. The fourth-order valence-electron chi connectivity index (χ4n) is 2.20. The molecule has 1 aliphatic rings. The van der Waals surface area contributed by atoms with E-state index in [0.717, 1.165) is 13.1 Å². The van der Waals surface area contributed by atoms with Crippen LogP contribution in [-0.4, -0.2) is 62.8 Å². The molecule has 2 amide bonds. The van der Waals surface area contributed by atoms with Crippen molar-refractivity contribution in [3.8, 4) is 0 Å². The lowest BCUT2D eigenvalue weighted by atomic mass is 9.78. The van der Waals surface area contributed by atoms with Crippen LogP contribution in [0.5, 0.6) is 0 Å². The molecule has 114 valence electrons. The summed E-state index contributed by atoms with van der Waals surface area (Å²) < 4.78 is 5.12. The topological polar surface area (TPSA) is 117 Å². The van der Waals surface area contributed by atoms with Gasteiger partial charge in [-0.05, 0) is 25.9 Å². The first-order valence-electron chi connectivity index (χ1n) is 6.46. The summed E-state index contributed by atoms with van der Waals surface area (Å²) in [7, 11) is 1.54. The van der Waals surface area contributed by atoms with Crippen molar-refractivity contribution in [2.45, 2.75) is 12.8 Å². The quantitative estimate of drug-likeness (QED) is 0.444. The molecule has 0 aromatic heterocycles. The predicted molar refractivity (Wildman–Crippen MR) is 70.1 cm³/mol. The van der Waals surface area contributed by atoms with Crippen LogP contribution in [0, 0.1) is 5.41 Å². The molecule has 20 heavy (non-hydrogen) atoms. The molecule has 1 saturated heterocycles. The van der Waals surface area contributed by atoms with E-state index in [2.05, 4.69) is 16.0 Å². The average molecular weight is 287 g/mol. The maximum absolute atomic E-state index is 12.2. The van der Waals surface area contributed by atoms with Crippen LogP contribution in [0.4, 0.5) is 0 Å². The summed E-state index contributed by atoms with van der Waals surface area (Å²) in [5.74, 6) is -1.88. The molecule has 1 aliphatic heterocycles. The third kappa shape index (κ3) is 4.78. The summed E-state index contributed by atoms with van der Waals surface area (Å²) in [6.45, 7) is 1.06. The normalized spacial score (nSPS) is 17.2. The number of rotatable bonds is 7. The number of hydrogen-bond donors (Lipinski definition) is 4. The SMILES string of the molecule is COCC1(C(=O)NCC(=O)NCC(=O)O)CCNCC1. The van der Waals surface area contributed by atoms with Gasteiger partial charge in [0.25, 0.3) is 0 Å². The van der Waals surface area contributed by atoms with E-state index in [4.69, 9.17) is 9.84 Å². The molecule has 1 fully saturated rings. The molecule has 0 unspecified atom stereocenters. The molecular formula is C12H21N3O5. The van der Waals surface area contributed by atoms with Gasteiger partial charge in [-0.1, -0.05) is 0 Å². The van der Waals surface area contributed by atoms with Gasteiger partial charge in [0.05, 0.1) is 18.6 Å². The molecule has 0 atom stereocenters. The molecule has 0 aromatic carbocycles. The highest BCUT2D eigenvalue weighted by Gasteiger charge is 2.39. The minimum atomic E-state index is -1.13. The minimum absolute atomic E-state index is 0.230. The summed E-state index contributed by atoms with van der Waals surface area (Å²) in [5.41, 5.74) is -0.618. The van der Waals surface area contributed by atoms with E-state index >= 15 is 0 Å². The van der Waals surface area contributed by atoms with Gasteiger partial charge in [0, 0.05) is 7.11 Å². The Morgan fingerprint density at radius 3 is 2.40 bits per heavy atom. The number of amides is 2. The second-order valence-electron chi connectivity index (χ2n) is 4.82. The first-order chi connectivity index (χ1) is 9.50. The van der Waals surface area contributed by atoms with E-state index in [9.17, 15) is 14.4 Å². The summed E-state index contributed by atoms with van der Waals surface area (Å²) in [5, 5.41) is 16.3. The zero-order valence-electron chi connectivity index (χ0n) is 11.5. The molecule has 0 saturated carbocycles. The van der Waals surface area contributed by atoms with Gasteiger partial charge in [-0.3, -0.25) is 14.4 Å². The van der Waals surface area contributed by atoms with E-state index in [-0.39, 0.29) is 12.5 Å². The molecule has 8 nitrogen and oxygen atoms in total. The Kier molecular flexibility index (Phi) is 6.40. The number of aliphatic carboxylic acids is 1.